The van der Waals surface area contributed by atoms with Gasteiger partial charge in [-0.05, 0) is 31.2 Å². The van der Waals surface area contributed by atoms with Crippen molar-refractivity contribution in [3.63, 3.8) is 0 Å². The minimum absolute atomic E-state index is 0.167. The predicted octanol–water partition coefficient (Wildman–Crippen LogP) is 2.00. The van der Waals surface area contributed by atoms with Gasteiger partial charge in [-0.2, -0.15) is 0 Å². The Morgan fingerprint density at radius 3 is 2.60 bits per heavy atom. The molecule has 9 nitrogen and oxygen atoms in total. The van der Waals surface area contributed by atoms with Crippen molar-refractivity contribution in [1.82, 2.24) is 0 Å². The van der Waals surface area contributed by atoms with E-state index in [4.69, 9.17) is 18.9 Å². The van der Waals surface area contributed by atoms with E-state index in [1.165, 1.54) is 26.0 Å². The highest BCUT2D eigenvalue weighted by Gasteiger charge is 2.29. The Morgan fingerprint density at radius 1 is 1.13 bits per heavy atom. The molecule has 158 valence electrons. The Morgan fingerprint density at radius 2 is 1.87 bits per heavy atom. The van der Waals surface area contributed by atoms with E-state index in [-0.39, 0.29) is 19.1 Å². The number of ether oxygens (including phenoxy) is 4. The van der Waals surface area contributed by atoms with E-state index in [0.717, 1.165) is 0 Å². The average Bonchev–Trinajstić information content (AvgIpc) is 2.75. The second kappa shape index (κ2) is 9.17. The third-order valence-electron chi connectivity index (χ3n) is 4.42. The van der Waals surface area contributed by atoms with Gasteiger partial charge in [-0.15, -0.1) is 0 Å². The third-order valence-corrected chi connectivity index (χ3v) is 4.42. The molecule has 0 aliphatic carbocycles. The minimum Gasteiger partial charge on any atom is -0.493 e. The third kappa shape index (κ3) is 4.62. The van der Waals surface area contributed by atoms with Gasteiger partial charge in [-0.3, -0.25) is 19.3 Å². The van der Waals surface area contributed by atoms with Crippen LogP contribution in [-0.4, -0.2) is 51.3 Å². The normalized spacial score (nSPS) is 13.6. The van der Waals surface area contributed by atoms with E-state index in [1.54, 1.807) is 42.5 Å². The van der Waals surface area contributed by atoms with Crippen molar-refractivity contribution in [2.24, 2.45) is 0 Å². The molecule has 2 aromatic carbocycles. The van der Waals surface area contributed by atoms with Crippen molar-refractivity contribution in [3.05, 3.63) is 42.5 Å². The van der Waals surface area contributed by atoms with Crippen LogP contribution < -0.4 is 24.4 Å². The van der Waals surface area contributed by atoms with Gasteiger partial charge in [0.2, 0.25) is 0 Å². The molecule has 0 saturated heterocycles. The lowest BCUT2D eigenvalue weighted by atomic mass is 10.2. The Balaban J connectivity index is 1.60. The van der Waals surface area contributed by atoms with Crippen LogP contribution in [0, 0.1) is 0 Å². The first-order valence-electron chi connectivity index (χ1n) is 9.17. The SMILES string of the molecule is COc1ccc(NC(=O)C(C)OC(=O)CN2C(=O)COc3ccccc32)cc1OC. The summed E-state index contributed by atoms with van der Waals surface area (Å²) in [6, 6.07) is 11.8. The summed E-state index contributed by atoms with van der Waals surface area (Å²) < 4.78 is 20.9. The maximum atomic E-state index is 12.4. The topological polar surface area (TPSA) is 103 Å². The van der Waals surface area contributed by atoms with Gasteiger partial charge >= 0.3 is 5.97 Å². The number of nitrogens with zero attached hydrogens (tertiary/aromatic N) is 1. The molecular formula is C21H22N2O7. The summed E-state index contributed by atoms with van der Waals surface area (Å²) in [5.74, 6) is -0.133. The molecule has 0 fully saturated rings. The maximum absolute atomic E-state index is 12.4. The molecule has 1 unspecified atom stereocenters. The molecule has 0 saturated carbocycles. The van der Waals surface area contributed by atoms with Crippen LogP contribution in [0.3, 0.4) is 0 Å². The van der Waals surface area contributed by atoms with Crippen molar-refractivity contribution >= 4 is 29.2 Å². The summed E-state index contributed by atoms with van der Waals surface area (Å²) in [7, 11) is 2.99. The standard InChI is InChI=1S/C21H22N2O7/c1-13(21(26)22-14-8-9-17(27-2)18(10-14)28-3)30-20(25)11-23-15-6-4-5-7-16(15)29-12-19(23)24/h4-10,13H,11-12H2,1-3H3,(H,22,26). The Hall–Kier alpha value is -3.75. The highest BCUT2D eigenvalue weighted by atomic mass is 16.5. The maximum Gasteiger partial charge on any atom is 0.326 e. The average molecular weight is 414 g/mol. The van der Waals surface area contributed by atoms with Crippen LogP contribution in [0.4, 0.5) is 11.4 Å². The van der Waals surface area contributed by atoms with Gasteiger partial charge in [0, 0.05) is 11.8 Å². The molecule has 0 spiro atoms. The summed E-state index contributed by atoms with van der Waals surface area (Å²) in [5, 5.41) is 2.65. The van der Waals surface area contributed by atoms with Gasteiger partial charge in [0.05, 0.1) is 19.9 Å². The van der Waals surface area contributed by atoms with Crippen LogP contribution in [-0.2, 0) is 19.1 Å². The fourth-order valence-electron chi connectivity index (χ4n) is 2.90. The van der Waals surface area contributed by atoms with Crippen LogP contribution in [0.2, 0.25) is 0 Å². The van der Waals surface area contributed by atoms with E-state index in [9.17, 15) is 14.4 Å². The van der Waals surface area contributed by atoms with E-state index in [1.807, 2.05) is 0 Å². The molecule has 9 heteroatoms. The molecule has 0 radical (unpaired) electrons. The summed E-state index contributed by atoms with van der Waals surface area (Å²) in [6.45, 7) is 0.954. The number of rotatable bonds is 7. The number of fused-ring (bicyclic) bond motifs is 1. The number of nitrogens with one attached hydrogen (secondary N) is 1. The first kappa shape index (κ1) is 21.0. The number of methoxy groups -OCH3 is 2. The van der Waals surface area contributed by atoms with Gasteiger partial charge in [0.15, 0.2) is 24.2 Å². The number of hydrogen-bond acceptors (Lipinski definition) is 7. The van der Waals surface area contributed by atoms with Crippen molar-refractivity contribution in [1.29, 1.82) is 0 Å². The molecule has 2 amide bonds. The molecule has 0 aromatic heterocycles. The number of amides is 2. The molecule has 0 bridgehead atoms. The van der Waals surface area contributed by atoms with E-state index < -0.39 is 18.0 Å². The molecule has 3 rings (SSSR count). The molecular weight excluding hydrogens is 392 g/mol. The van der Waals surface area contributed by atoms with Gasteiger partial charge in [0.1, 0.15) is 12.3 Å². The first-order chi connectivity index (χ1) is 14.4. The number of esters is 1. The summed E-state index contributed by atoms with van der Waals surface area (Å²) in [4.78, 5) is 38.2. The van der Waals surface area contributed by atoms with Gasteiger partial charge in [-0.1, -0.05) is 12.1 Å². The second-order valence-electron chi connectivity index (χ2n) is 6.43. The van der Waals surface area contributed by atoms with Gasteiger partial charge < -0.3 is 24.3 Å². The van der Waals surface area contributed by atoms with E-state index in [0.29, 0.717) is 28.6 Å². The van der Waals surface area contributed by atoms with Crippen LogP contribution in [0.5, 0.6) is 17.2 Å². The van der Waals surface area contributed by atoms with Crippen LogP contribution in [0.25, 0.3) is 0 Å². The highest BCUT2D eigenvalue weighted by Crippen LogP contribution is 2.31. The molecule has 1 aliphatic heterocycles. The summed E-state index contributed by atoms with van der Waals surface area (Å²) in [6.07, 6.45) is -1.07. The monoisotopic (exact) mass is 414 g/mol. The lowest BCUT2D eigenvalue weighted by molar-refractivity contribution is -0.152. The molecule has 2 aromatic rings. The fraction of sp³-hybridized carbons (Fsp3) is 0.286. The predicted molar refractivity (Wildman–Crippen MR) is 108 cm³/mol. The Bertz CT molecular complexity index is 960. The zero-order valence-corrected chi connectivity index (χ0v) is 16.8. The van der Waals surface area contributed by atoms with Crippen molar-refractivity contribution in [3.8, 4) is 17.2 Å². The molecule has 1 heterocycles. The summed E-state index contributed by atoms with van der Waals surface area (Å²) >= 11 is 0. The lowest BCUT2D eigenvalue weighted by Gasteiger charge is -2.28. The largest absolute Gasteiger partial charge is 0.493 e. The Kier molecular flexibility index (Phi) is 6.41. The quantitative estimate of drug-likeness (QED) is 0.691. The van der Waals surface area contributed by atoms with E-state index >= 15 is 0 Å². The van der Waals surface area contributed by atoms with Crippen molar-refractivity contribution in [2.45, 2.75) is 13.0 Å². The zero-order valence-electron chi connectivity index (χ0n) is 16.8. The minimum atomic E-state index is -1.07. The number of hydrogen-bond donors (Lipinski definition) is 1. The van der Waals surface area contributed by atoms with Gasteiger partial charge in [-0.25, -0.2) is 0 Å². The first-order valence-corrected chi connectivity index (χ1v) is 9.17. The lowest BCUT2D eigenvalue weighted by Crippen LogP contribution is -2.43. The smallest absolute Gasteiger partial charge is 0.326 e. The zero-order chi connectivity index (χ0) is 21.7. The number of para-hydroxylation sites is 2. The second-order valence-corrected chi connectivity index (χ2v) is 6.43. The van der Waals surface area contributed by atoms with Crippen LogP contribution in [0.1, 0.15) is 6.92 Å². The number of carbonyl (C=O) groups excluding carboxylic acids is 3. The molecule has 30 heavy (non-hydrogen) atoms. The molecule has 1 N–H and O–H groups in total. The van der Waals surface area contributed by atoms with Crippen molar-refractivity contribution in [2.75, 3.05) is 37.6 Å². The Labute approximate surface area is 173 Å². The number of anilines is 2. The number of carbonyl (C=O) groups is 3. The highest BCUT2D eigenvalue weighted by molar-refractivity contribution is 6.02. The number of benzene rings is 2. The van der Waals surface area contributed by atoms with Crippen LogP contribution >= 0.6 is 0 Å². The van der Waals surface area contributed by atoms with Crippen molar-refractivity contribution < 1.29 is 33.3 Å². The molecule has 1 atom stereocenters. The van der Waals surface area contributed by atoms with E-state index in [2.05, 4.69) is 5.32 Å². The van der Waals surface area contributed by atoms with Gasteiger partial charge in [0.25, 0.3) is 11.8 Å². The fourth-order valence-corrected chi connectivity index (χ4v) is 2.90. The van der Waals surface area contributed by atoms with Crippen LogP contribution in [0.15, 0.2) is 42.5 Å². The molecule has 1 aliphatic rings. The summed E-state index contributed by atoms with van der Waals surface area (Å²) in [5.41, 5.74) is 0.936.